The van der Waals surface area contributed by atoms with Crippen molar-refractivity contribution in [2.75, 3.05) is 0 Å². The average molecular weight is 248 g/mol. The van der Waals surface area contributed by atoms with Crippen LogP contribution in [0.5, 0.6) is 0 Å². The summed E-state index contributed by atoms with van der Waals surface area (Å²) in [6, 6.07) is 6.93. The van der Waals surface area contributed by atoms with E-state index in [0.717, 1.165) is 5.56 Å². The van der Waals surface area contributed by atoms with Gasteiger partial charge in [-0.05, 0) is 19.1 Å². The molecular formula is C10H11Cl2NO2. The van der Waals surface area contributed by atoms with Crippen molar-refractivity contribution in [2.24, 2.45) is 0 Å². The quantitative estimate of drug-likeness (QED) is 0.633. The number of alkyl halides is 2. The van der Waals surface area contributed by atoms with E-state index in [9.17, 15) is 9.90 Å². The highest BCUT2D eigenvalue weighted by Gasteiger charge is 2.16. The van der Waals surface area contributed by atoms with Crippen molar-refractivity contribution in [1.82, 2.24) is 5.32 Å². The molecule has 0 aromatic heterocycles. The largest absolute Gasteiger partial charge is 0.371 e. The maximum absolute atomic E-state index is 11.5. The van der Waals surface area contributed by atoms with Gasteiger partial charge in [0.15, 0.2) is 11.1 Å². The maximum atomic E-state index is 11.5. The van der Waals surface area contributed by atoms with Gasteiger partial charge < -0.3 is 10.4 Å². The van der Waals surface area contributed by atoms with Gasteiger partial charge >= 0.3 is 0 Å². The lowest BCUT2D eigenvalue weighted by molar-refractivity contribution is 0.0809. The molecule has 1 amide bonds. The SMILES string of the molecule is Cc1ccc(C(=O)N[C@@H](O)C(Cl)Cl)cc1. The van der Waals surface area contributed by atoms with Gasteiger partial charge in [-0.3, -0.25) is 4.79 Å². The number of amides is 1. The van der Waals surface area contributed by atoms with Crippen LogP contribution in [0.25, 0.3) is 0 Å². The minimum absolute atomic E-state index is 0.409. The average Bonchev–Trinajstić information content (AvgIpc) is 2.18. The monoisotopic (exact) mass is 247 g/mol. The Morgan fingerprint density at radius 2 is 1.87 bits per heavy atom. The Bertz CT molecular complexity index is 338. The molecule has 15 heavy (non-hydrogen) atoms. The molecule has 0 aliphatic carbocycles. The van der Waals surface area contributed by atoms with Crippen molar-refractivity contribution < 1.29 is 9.90 Å². The molecule has 0 radical (unpaired) electrons. The summed E-state index contributed by atoms with van der Waals surface area (Å²) in [4.78, 5) is 10.4. The second kappa shape index (κ2) is 5.35. The number of aliphatic hydroxyl groups is 1. The number of benzene rings is 1. The van der Waals surface area contributed by atoms with Crippen LogP contribution < -0.4 is 5.32 Å². The first-order valence-corrected chi connectivity index (χ1v) is 5.22. The molecule has 3 nitrogen and oxygen atoms in total. The number of nitrogens with one attached hydrogen (secondary N) is 1. The van der Waals surface area contributed by atoms with E-state index in [1.807, 2.05) is 6.92 Å². The lowest BCUT2D eigenvalue weighted by Crippen LogP contribution is -2.38. The molecule has 1 atom stereocenters. The van der Waals surface area contributed by atoms with E-state index in [1.54, 1.807) is 24.3 Å². The zero-order chi connectivity index (χ0) is 11.4. The summed E-state index contributed by atoms with van der Waals surface area (Å²) in [6.45, 7) is 1.92. The highest BCUT2D eigenvalue weighted by molar-refractivity contribution is 6.44. The first-order valence-electron chi connectivity index (χ1n) is 4.34. The number of hydrogen-bond donors (Lipinski definition) is 2. The number of halogens is 2. The molecule has 0 heterocycles. The molecule has 0 bridgehead atoms. The van der Waals surface area contributed by atoms with Crippen LogP contribution in [0.15, 0.2) is 24.3 Å². The topological polar surface area (TPSA) is 49.3 Å². The number of hydrogen-bond acceptors (Lipinski definition) is 2. The molecule has 1 rings (SSSR count). The van der Waals surface area contributed by atoms with Crippen LogP contribution in [0.4, 0.5) is 0 Å². The predicted octanol–water partition coefficient (Wildman–Crippen LogP) is 1.85. The molecule has 5 heteroatoms. The number of aliphatic hydroxyl groups excluding tert-OH is 1. The van der Waals surface area contributed by atoms with Crippen LogP contribution >= 0.6 is 23.2 Å². The van der Waals surface area contributed by atoms with Crippen molar-refractivity contribution >= 4 is 29.1 Å². The minimum Gasteiger partial charge on any atom is -0.371 e. The summed E-state index contributed by atoms with van der Waals surface area (Å²) < 4.78 is 0. The van der Waals surface area contributed by atoms with E-state index in [1.165, 1.54) is 0 Å². The lowest BCUT2D eigenvalue weighted by atomic mass is 10.1. The summed E-state index contributed by atoms with van der Waals surface area (Å²) in [5, 5.41) is 11.5. The van der Waals surface area contributed by atoms with E-state index in [-0.39, 0.29) is 0 Å². The highest BCUT2D eigenvalue weighted by atomic mass is 35.5. The number of carbonyl (C=O) groups excluding carboxylic acids is 1. The van der Waals surface area contributed by atoms with E-state index < -0.39 is 17.0 Å². The zero-order valence-corrected chi connectivity index (χ0v) is 9.59. The van der Waals surface area contributed by atoms with Crippen LogP contribution in [0.2, 0.25) is 0 Å². The smallest absolute Gasteiger partial charge is 0.253 e. The summed E-state index contributed by atoms with van der Waals surface area (Å²) in [5.41, 5.74) is 1.51. The first kappa shape index (κ1) is 12.3. The molecular weight excluding hydrogens is 237 g/mol. The van der Waals surface area contributed by atoms with E-state index in [0.29, 0.717) is 5.56 Å². The molecule has 0 spiro atoms. The van der Waals surface area contributed by atoms with Crippen molar-refractivity contribution in [3.8, 4) is 0 Å². The Balaban J connectivity index is 2.65. The van der Waals surface area contributed by atoms with Gasteiger partial charge in [0.25, 0.3) is 5.91 Å². The third-order valence-electron chi connectivity index (χ3n) is 1.83. The number of aryl methyl sites for hydroxylation is 1. The van der Waals surface area contributed by atoms with E-state index in [4.69, 9.17) is 23.2 Å². The van der Waals surface area contributed by atoms with Gasteiger partial charge in [0.2, 0.25) is 0 Å². The fourth-order valence-electron chi connectivity index (χ4n) is 0.986. The molecule has 0 aliphatic heterocycles. The summed E-state index contributed by atoms with van der Waals surface area (Å²) in [5.74, 6) is -0.409. The standard InChI is InChI=1S/C10H11Cl2NO2/c1-6-2-4-7(5-3-6)9(14)13-10(15)8(11)12/h2-5,8,10,15H,1H3,(H,13,14)/t10-/m0/s1. The number of carbonyl (C=O) groups is 1. The van der Waals surface area contributed by atoms with Gasteiger partial charge in [-0.15, -0.1) is 23.2 Å². The summed E-state index contributed by atoms with van der Waals surface area (Å²) >= 11 is 10.8. The molecule has 82 valence electrons. The van der Waals surface area contributed by atoms with Gasteiger partial charge in [-0.25, -0.2) is 0 Å². The van der Waals surface area contributed by atoms with Gasteiger partial charge in [0.1, 0.15) is 0 Å². The van der Waals surface area contributed by atoms with Gasteiger partial charge in [0, 0.05) is 5.56 Å². The normalized spacial score (nSPS) is 12.6. The summed E-state index contributed by atoms with van der Waals surface area (Å²) in [6.07, 6.45) is -1.26. The molecule has 0 unspecified atom stereocenters. The molecule has 1 aromatic carbocycles. The molecule has 2 N–H and O–H groups in total. The molecule has 0 saturated heterocycles. The second-order valence-corrected chi connectivity index (χ2v) is 4.28. The van der Waals surface area contributed by atoms with Gasteiger partial charge in [-0.2, -0.15) is 0 Å². The Kier molecular flexibility index (Phi) is 4.39. The third-order valence-corrected chi connectivity index (χ3v) is 2.31. The summed E-state index contributed by atoms with van der Waals surface area (Å²) in [7, 11) is 0. The van der Waals surface area contributed by atoms with Gasteiger partial charge in [0.05, 0.1) is 0 Å². The number of rotatable bonds is 3. The van der Waals surface area contributed by atoms with Crippen molar-refractivity contribution in [3.63, 3.8) is 0 Å². The zero-order valence-electron chi connectivity index (χ0n) is 8.08. The van der Waals surface area contributed by atoms with Crippen molar-refractivity contribution in [1.29, 1.82) is 0 Å². The van der Waals surface area contributed by atoms with Crippen LogP contribution in [-0.4, -0.2) is 22.1 Å². The minimum atomic E-state index is -1.26. The molecule has 1 aromatic rings. The second-order valence-electron chi connectivity index (χ2n) is 3.12. The Morgan fingerprint density at radius 3 is 2.33 bits per heavy atom. The fourth-order valence-corrected chi connectivity index (χ4v) is 1.11. The lowest BCUT2D eigenvalue weighted by Gasteiger charge is -2.13. The maximum Gasteiger partial charge on any atom is 0.253 e. The molecule has 0 fully saturated rings. The highest BCUT2D eigenvalue weighted by Crippen LogP contribution is 2.07. The van der Waals surface area contributed by atoms with E-state index >= 15 is 0 Å². The molecule has 0 saturated carbocycles. The Morgan fingerprint density at radius 1 is 1.33 bits per heavy atom. The fraction of sp³-hybridized carbons (Fsp3) is 0.300. The van der Waals surface area contributed by atoms with Crippen LogP contribution in [0.3, 0.4) is 0 Å². The Labute approximate surface area is 98.0 Å². The van der Waals surface area contributed by atoms with Gasteiger partial charge in [-0.1, -0.05) is 17.7 Å². The predicted molar refractivity (Wildman–Crippen MR) is 60.1 cm³/mol. The molecule has 0 aliphatic rings. The van der Waals surface area contributed by atoms with Crippen LogP contribution in [0, 0.1) is 6.92 Å². The van der Waals surface area contributed by atoms with E-state index in [2.05, 4.69) is 5.32 Å². The third kappa shape index (κ3) is 3.70. The van der Waals surface area contributed by atoms with Crippen LogP contribution in [-0.2, 0) is 0 Å². The van der Waals surface area contributed by atoms with Crippen molar-refractivity contribution in [2.45, 2.75) is 18.0 Å². The first-order chi connectivity index (χ1) is 7.00. The van der Waals surface area contributed by atoms with Crippen LogP contribution in [0.1, 0.15) is 15.9 Å². The Hall–Kier alpha value is -0.770. The van der Waals surface area contributed by atoms with Crippen molar-refractivity contribution in [3.05, 3.63) is 35.4 Å².